The van der Waals surface area contributed by atoms with Gasteiger partial charge >= 0.3 is 0 Å². The predicted octanol–water partition coefficient (Wildman–Crippen LogP) is 1.13. The van der Waals surface area contributed by atoms with E-state index in [-0.39, 0.29) is 37.2 Å². The zero-order valence-corrected chi connectivity index (χ0v) is 12.6. The zero-order chi connectivity index (χ0) is 10.3. The van der Waals surface area contributed by atoms with Gasteiger partial charge in [0.25, 0.3) is 0 Å². The van der Waals surface area contributed by atoms with Gasteiger partial charge in [0.1, 0.15) is 0 Å². The molecule has 0 aliphatic carbocycles. The second-order valence-electron chi connectivity index (χ2n) is 3.72. The summed E-state index contributed by atoms with van der Waals surface area (Å²) in [6, 6.07) is 6.20. The quantitative estimate of drug-likeness (QED) is 0.672. The van der Waals surface area contributed by atoms with E-state index in [2.05, 4.69) is 39.1 Å². The fourth-order valence-corrected chi connectivity index (χ4v) is 1.64. The maximum Gasteiger partial charge on any atom is 0.0545 e. The Hall–Kier alpha value is -0.100. The van der Waals surface area contributed by atoms with Gasteiger partial charge in [-0.1, -0.05) is 6.07 Å². The number of nitrogens with zero attached hydrogens (tertiary/aromatic N) is 1. The molecule has 1 aromatic heterocycles. The van der Waals surface area contributed by atoms with Crippen LogP contribution in [0, 0.1) is 0 Å². The largest absolute Gasteiger partial charge is 0.314 e. The second kappa shape index (κ2) is 12.0. The van der Waals surface area contributed by atoms with Crippen LogP contribution in [0.4, 0.5) is 0 Å². The Bertz CT molecular complexity index is 287. The maximum absolute atomic E-state index is 4.56. The van der Waals surface area contributed by atoms with E-state index in [0.717, 1.165) is 50.7 Å². The van der Waals surface area contributed by atoms with Crippen molar-refractivity contribution in [2.45, 2.75) is 13.1 Å². The second-order valence-corrected chi connectivity index (χ2v) is 3.72. The Balaban J connectivity index is 0. The molecule has 0 saturated heterocycles. The first-order chi connectivity index (χ1) is 7.45. The normalized spacial score (nSPS) is 15.8. The van der Waals surface area contributed by atoms with Crippen LogP contribution in [0.25, 0.3) is 0 Å². The molecule has 1 aliphatic rings. The van der Waals surface area contributed by atoms with Crippen molar-refractivity contribution in [3.8, 4) is 0 Å². The summed E-state index contributed by atoms with van der Waals surface area (Å²) in [5.74, 6) is 0. The molecule has 2 rings (SSSR count). The molecule has 0 radical (unpaired) electrons. The molecule has 0 unspecified atom stereocenters. The van der Waals surface area contributed by atoms with E-state index >= 15 is 0 Å². The molecule has 3 N–H and O–H groups in total. The number of rotatable bonds is 0. The topological polar surface area (TPSA) is 49.0 Å². The summed E-state index contributed by atoms with van der Waals surface area (Å²) in [6.07, 6.45) is 0. The lowest BCUT2D eigenvalue weighted by Crippen LogP contribution is -2.33. The maximum atomic E-state index is 4.56. The van der Waals surface area contributed by atoms with E-state index in [0.29, 0.717) is 0 Å². The number of fused-ring (bicyclic) bond motifs is 2. The Morgan fingerprint density at radius 3 is 1.67 bits per heavy atom. The van der Waals surface area contributed by atoms with E-state index in [4.69, 9.17) is 0 Å². The van der Waals surface area contributed by atoms with Crippen LogP contribution >= 0.6 is 37.2 Å². The van der Waals surface area contributed by atoms with Crippen LogP contribution < -0.4 is 16.0 Å². The van der Waals surface area contributed by atoms with E-state index in [1.807, 2.05) is 0 Å². The van der Waals surface area contributed by atoms with Crippen molar-refractivity contribution in [1.82, 2.24) is 20.9 Å². The number of nitrogens with one attached hydrogen (secondary N) is 3. The fraction of sp³-hybridized carbons (Fsp3) is 0.545. The molecule has 0 fully saturated rings. The molecule has 0 saturated carbocycles. The average Bonchev–Trinajstić information content (AvgIpc) is 2.26. The minimum atomic E-state index is 0. The van der Waals surface area contributed by atoms with Crippen LogP contribution in [0.3, 0.4) is 0 Å². The van der Waals surface area contributed by atoms with Crippen LogP contribution in [0.1, 0.15) is 11.4 Å². The summed E-state index contributed by atoms with van der Waals surface area (Å²) in [6.45, 7) is 5.73. The highest BCUT2D eigenvalue weighted by Gasteiger charge is 1.99. The third kappa shape index (κ3) is 7.36. The molecule has 0 atom stereocenters. The molecule has 106 valence electrons. The first-order valence-corrected chi connectivity index (χ1v) is 5.52. The summed E-state index contributed by atoms with van der Waals surface area (Å²) in [4.78, 5) is 4.56. The standard InChI is InChI=1S/C11H18N4.3ClH/c1-2-10-8-13-6-4-12-5-7-14-9-11(3-1)15-10;;;/h1-3,12-14H,4-9H2;3*1H. The molecule has 0 aromatic carbocycles. The number of pyridine rings is 1. The van der Waals surface area contributed by atoms with Crippen LogP contribution in [0.5, 0.6) is 0 Å². The molecule has 0 spiro atoms. The van der Waals surface area contributed by atoms with Crippen molar-refractivity contribution in [3.63, 3.8) is 0 Å². The third-order valence-corrected chi connectivity index (χ3v) is 2.43. The summed E-state index contributed by atoms with van der Waals surface area (Å²) < 4.78 is 0. The van der Waals surface area contributed by atoms with Crippen molar-refractivity contribution in [1.29, 1.82) is 0 Å². The molecule has 1 aliphatic heterocycles. The lowest BCUT2D eigenvalue weighted by Gasteiger charge is -2.11. The molecule has 1 aromatic rings. The van der Waals surface area contributed by atoms with E-state index < -0.39 is 0 Å². The smallest absolute Gasteiger partial charge is 0.0545 e. The first-order valence-electron chi connectivity index (χ1n) is 5.52. The summed E-state index contributed by atoms with van der Waals surface area (Å²) in [5.41, 5.74) is 2.24. The van der Waals surface area contributed by atoms with Gasteiger partial charge < -0.3 is 16.0 Å². The number of aromatic nitrogens is 1. The summed E-state index contributed by atoms with van der Waals surface area (Å²) >= 11 is 0. The van der Waals surface area contributed by atoms with Crippen molar-refractivity contribution in [2.75, 3.05) is 26.2 Å². The highest BCUT2D eigenvalue weighted by atomic mass is 35.5. The number of halogens is 3. The van der Waals surface area contributed by atoms with Gasteiger partial charge in [0.15, 0.2) is 0 Å². The molecule has 18 heavy (non-hydrogen) atoms. The SMILES string of the molecule is Cl.Cl.Cl.c1cc2nc(c1)CNCCNCCNC2. The molecule has 2 heterocycles. The summed E-state index contributed by atoms with van der Waals surface area (Å²) in [7, 11) is 0. The van der Waals surface area contributed by atoms with Crippen molar-refractivity contribution in [2.24, 2.45) is 0 Å². The lowest BCUT2D eigenvalue weighted by atomic mass is 10.3. The van der Waals surface area contributed by atoms with Gasteiger partial charge in [-0.25, -0.2) is 0 Å². The lowest BCUT2D eigenvalue weighted by molar-refractivity contribution is 0.565. The minimum Gasteiger partial charge on any atom is -0.314 e. The van der Waals surface area contributed by atoms with E-state index in [1.165, 1.54) is 0 Å². The monoisotopic (exact) mass is 314 g/mol. The van der Waals surface area contributed by atoms with Crippen LogP contribution in [0.15, 0.2) is 18.2 Å². The van der Waals surface area contributed by atoms with Gasteiger partial charge in [-0.2, -0.15) is 0 Å². The average molecular weight is 316 g/mol. The third-order valence-electron chi connectivity index (χ3n) is 2.43. The van der Waals surface area contributed by atoms with Gasteiger partial charge in [0, 0.05) is 39.3 Å². The number of hydrogen-bond acceptors (Lipinski definition) is 4. The Morgan fingerprint density at radius 2 is 1.17 bits per heavy atom. The summed E-state index contributed by atoms with van der Waals surface area (Å²) in [5, 5.41) is 10.1. The highest BCUT2D eigenvalue weighted by Crippen LogP contribution is 1.99. The minimum absolute atomic E-state index is 0. The van der Waals surface area contributed by atoms with Gasteiger partial charge in [-0.3, -0.25) is 4.98 Å². The highest BCUT2D eigenvalue weighted by molar-refractivity contribution is 5.86. The molecule has 0 amide bonds. The Morgan fingerprint density at radius 1 is 0.722 bits per heavy atom. The van der Waals surface area contributed by atoms with E-state index in [9.17, 15) is 0 Å². The van der Waals surface area contributed by atoms with Crippen molar-refractivity contribution in [3.05, 3.63) is 29.6 Å². The first kappa shape index (κ1) is 20.2. The van der Waals surface area contributed by atoms with Gasteiger partial charge in [0.05, 0.1) is 11.4 Å². The predicted molar refractivity (Wildman–Crippen MR) is 82.3 cm³/mol. The molecule has 4 nitrogen and oxygen atoms in total. The van der Waals surface area contributed by atoms with Gasteiger partial charge in [-0.05, 0) is 12.1 Å². The van der Waals surface area contributed by atoms with Crippen molar-refractivity contribution >= 4 is 37.2 Å². The van der Waals surface area contributed by atoms with Gasteiger partial charge in [-0.15, -0.1) is 37.2 Å². The van der Waals surface area contributed by atoms with Gasteiger partial charge in [0.2, 0.25) is 0 Å². The van der Waals surface area contributed by atoms with Crippen molar-refractivity contribution < 1.29 is 0 Å². The Labute approximate surface area is 127 Å². The number of hydrogen-bond donors (Lipinski definition) is 3. The molecule has 7 heteroatoms. The van der Waals surface area contributed by atoms with Crippen LogP contribution in [0.2, 0.25) is 0 Å². The molecule has 2 bridgehead atoms. The fourth-order valence-electron chi connectivity index (χ4n) is 1.64. The molecular weight excluding hydrogens is 295 g/mol. The van der Waals surface area contributed by atoms with Crippen LogP contribution in [-0.4, -0.2) is 31.2 Å². The Kier molecular flexibility index (Phi) is 13.4. The molecular formula is C11H21Cl3N4. The zero-order valence-electron chi connectivity index (χ0n) is 10.1. The van der Waals surface area contributed by atoms with Crippen LogP contribution in [-0.2, 0) is 13.1 Å². The van der Waals surface area contributed by atoms with E-state index in [1.54, 1.807) is 0 Å².